The highest BCUT2D eigenvalue weighted by atomic mass is 32.2. The summed E-state index contributed by atoms with van der Waals surface area (Å²) in [5.41, 5.74) is 5.69. The molecule has 0 aliphatic carbocycles. The molecule has 0 atom stereocenters. The maximum Gasteiger partial charge on any atom is 0.295 e. The smallest absolute Gasteiger partial charge is 0.295 e. The number of hydrogen-bond acceptors (Lipinski definition) is 4. The van der Waals surface area contributed by atoms with Crippen molar-refractivity contribution >= 4 is 27.3 Å². The normalized spacial score (nSPS) is 18.4. The van der Waals surface area contributed by atoms with Gasteiger partial charge in [-0.05, 0) is 11.4 Å². The third-order valence-corrected chi connectivity index (χ3v) is 4.95. The minimum Gasteiger partial charge on any atom is -0.378 e. The summed E-state index contributed by atoms with van der Waals surface area (Å²) in [7, 11) is -3.67. The lowest BCUT2D eigenvalue weighted by Crippen LogP contribution is -2.45. The van der Waals surface area contributed by atoms with E-state index < -0.39 is 10.0 Å². The molecule has 2 N–H and O–H groups in total. The summed E-state index contributed by atoms with van der Waals surface area (Å²) in [5, 5.41) is 1.69. The third kappa shape index (κ3) is 2.96. The fraction of sp³-hybridized carbons (Fsp3) is 0.444. The monoisotopic (exact) mass is 275 g/mol. The van der Waals surface area contributed by atoms with Gasteiger partial charge in [0.1, 0.15) is 4.21 Å². The van der Waals surface area contributed by atoms with Crippen molar-refractivity contribution in [2.45, 2.75) is 4.21 Å². The molecule has 0 amide bonds. The Balaban J connectivity index is 2.18. The first-order chi connectivity index (χ1) is 8.09. The van der Waals surface area contributed by atoms with Crippen molar-refractivity contribution in [2.75, 3.05) is 26.3 Å². The van der Waals surface area contributed by atoms with Crippen LogP contribution < -0.4 is 5.73 Å². The summed E-state index contributed by atoms with van der Waals surface area (Å²) in [4.78, 5) is 1.70. The molecule has 0 aromatic carbocycles. The Morgan fingerprint density at radius 1 is 1.47 bits per heavy atom. The Bertz CT molecular complexity index is 490. The van der Waals surface area contributed by atoms with E-state index in [9.17, 15) is 8.42 Å². The van der Waals surface area contributed by atoms with Gasteiger partial charge >= 0.3 is 0 Å². The van der Waals surface area contributed by atoms with E-state index in [0.717, 1.165) is 11.3 Å². The molecule has 0 radical (unpaired) electrons. The fourth-order valence-electron chi connectivity index (χ4n) is 1.43. The fourth-order valence-corrected chi connectivity index (χ4v) is 3.34. The lowest BCUT2D eigenvalue weighted by molar-refractivity contribution is 0.0676. The SMILES string of the molecule is NC(=NS(=O)(=O)c1cccs1)N1CCOCC1. The highest BCUT2D eigenvalue weighted by Gasteiger charge is 2.18. The Morgan fingerprint density at radius 2 is 2.18 bits per heavy atom. The quantitative estimate of drug-likeness (QED) is 0.610. The van der Waals surface area contributed by atoms with E-state index in [2.05, 4.69) is 4.40 Å². The van der Waals surface area contributed by atoms with Gasteiger partial charge in [0.15, 0.2) is 0 Å². The van der Waals surface area contributed by atoms with Gasteiger partial charge in [-0.25, -0.2) is 0 Å². The van der Waals surface area contributed by atoms with E-state index in [0.29, 0.717) is 26.3 Å². The molecule has 0 bridgehead atoms. The lowest BCUT2D eigenvalue weighted by Gasteiger charge is -2.27. The van der Waals surface area contributed by atoms with E-state index in [1.807, 2.05) is 0 Å². The second-order valence-electron chi connectivity index (χ2n) is 3.46. The predicted molar refractivity (Wildman–Crippen MR) is 65.5 cm³/mol. The van der Waals surface area contributed by atoms with Gasteiger partial charge in [-0.1, -0.05) is 6.07 Å². The molecule has 0 spiro atoms. The number of nitrogens with zero attached hydrogens (tertiary/aromatic N) is 2. The second kappa shape index (κ2) is 5.03. The van der Waals surface area contributed by atoms with E-state index in [1.54, 1.807) is 16.3 Å². The summed E-state index contributed by atoms with van der Waals surface area (Å²) in [5.74, 6) is 0.0294. The third-order valence-electron chi connectivity index (χ3n) is 2.30. The number of guanidine groups is 1. The van der Waals surface area contributed by atoms with Gasteiger partial charge < -0.3 is 15.4 Å². The second-order valence-corrected chi connectivity index (χ2v) is 6.23. The largest absolute Gasteiger partial charge is 0.378 e. The van der Waals surface area contributed by atoms with Crippen molar-refractivity contribution in [3.05, 3.63) is 17.5 Å². The average molecular weight is 275 g/mol. The standard InChI is InChI=1S/C9H13N3O3S2/c10-9(12-3-5-15-6-4-12)11-17(13,14)8-2-1-7-16-8/h1-2,7H,3-6H2,(H2,10,11). The van der Waals surface area contributed by atoms with Gasteiger partial charge in [0, 0.05) is 13.1 Å². The Labute approximate surface area is 104 Å². The zero-order valence-corrected chi connectivity index (χ0v) is 10.7. The first-order valence-corrected chi connectivity index (χ1v) is 7.38. The molecule has 17 heavy (non-hydrogen) atoms. The maximum absolute atomic E-state index is 11.8. The van der Waals surface area contributed by atoms with Crippen LogP contribution in [0.5, 0.6) is 0 Å². The first kappa shape index (κ1) is 12.3. The molecular weight excluding hydrogens is 262 g/mol. The van der Waals surface area contributed by atoms with Crippen molar-refractivity contribution in [1.29, 1.82) is 0 Å². The van der Waals surface area contributed by atoms with Crippen LogP contribution in [0.25, 0.3) is 0 Å². The zero-order valence-electron chi connectivity index (χ0n) is 9.07. The summed E-state index contributed by atoms with van der Waals surface area (Å²) >= 11 is 1.12. The van der Waals surface area contributed by atoms with Crippen molar-refractivity contribution in [2.24, 2.45) is 10.1 Å². The van der Waals surface area contributed by atoms with Crippen LogP contribution in [-0.2, 0) is 14.8 Å². The van der Waals surface area contributed by atoms with Crippen molar-refractivity contribution < 1.29 is 13.2 Å². The number of thiophene rings is 1. The van der Waals surface area contributed by atoms with Crippen LogP contribution in [0.2, 0.25) is 0 Å². The molecule has 1 aliphatic rings. The molecule has 2 rings (SSSR count). The lowest BCUT2D eigenvalue weighted by atomic mass is 10.4. The molecule has 1 aromatic heterocycles. The van der Waals surface area contributed by atoms with E-state index in [-0.39, 0.29) is 10.2 Å². The minimum absolute atomic E-state index is 0.0294. The Hall–Kier alpha value is -1.12. The number of hydrogen-bond donors (Lipinski definition) is 1. The predicted octanol–water partition coefficient (Wildman–Crippen LogP) is 0.0837. The average Bonchev–Trinajstić information content (AvgIpc) is 2.84. The molecule has 1 aliphatic heterocycles. The molecule has 1 aromatic rings. The van der Waals surface area contributed by atoms with E-state index in [1.165, 1.54) is 6.07 Å². The summed E-state index contributed by atoms with van der Waals surface area (Å²) < 4.78 is 32.6. The van der Waals surface area contributed by atoms with Crippen molar-refractivity contribution in [1.82, 2.24) is 4.90 Å². The first-order valence-electron chi connectivity index (χ1n) is 5.06. The number of ether oxygens (including phenoxy) is 1. The van der Waals surface area contributed by atoms with Crippen molar-refractivity contribution in [3.8, 4) is 0 Å². The van der Waals surface area contributed by atoms with Crippen molar-refractivity contribution in [3.63, 3.8) is 0 Å². The van der Waals surface area contributed by atoms with Gasteiger partial charge in [0.2, 0.25) is 5.96 Å². The van der Waals surface area contributed by atoms with Gasteiger partial charge in [-0.15, -0.1) is 15.7 Å². The van der Waals surface area contributed by atoms with Crippen LogP contribution in [0.15, 0.2) is 26.1 Å². The van der Waals surface area contributed by atoms with E-state index >= 15 is 0 Å². The molecular formula is C9H13N3O3S2. The molecule has 0 saturated carbocycles. The maximum atomic E-state index is 11.8. The zero-order chi connectivity index (χ0) is 12.3. The van der Waals surface area contributed by atoms with Crippen LogP contribution in [0.1, 0.15) is 0 Å². The number of sulfonamides is 1. The highest BCUT2D eigenvalue weighted by Crippen LogP contribution is 2.18. The van der Waals surface area contributed by atoms with Crippen LogP contribution in [0, 0.1) is 0 Å². The van der Waals surface area contributed by atoms with Crippen LogP contribution in [0.4, 0.5) is 0 Å². The van der Waals surface area contributed by atoms with Gasteiger partial charge in [0.25, 0.3) is 10.0 Å². The highest BCUT2D eigenvalue weighted by molar-refractivity contribution is 7.92. The summed E-state index contributed by atoms with van der Waals surface area (Å²) in [6.45, 7) is 2.20. The van der Waals surface area contributed by atoms with Gasteiger partial charge in [-0.3, -0.25) is 0 Å². The van der Waals surface area contributed by atoms with Gasteiger partial charge in [0.05, 0.1) is 13.2 Å². The molecule has 0 unspecified atom stereocenters. The number of nitrogens with two attached hydrogens (primary N) is 1. The number of rotatable bonds is 2. The Morgan fingerprint density at radius 3 is 2.76 bits per heavy atom. The molecule has 1 fully saturated rings. The van der Waals surface area contributed by atoms with E-state index in [4.69, 9.17) is 10.5 Å². The van der Waals surface area contributed by atoms with Crippen LogP contribution in [0.3, 0.4) is 0 Å². The molecule has 2 heterocycles. The summed E-state index contributed by atoms with van der Waals surface area (Å²) in [6, 6.07) is 3.17. The Kier molecular flexibility index (Phi) is 3.65. The van der Waals surface area contributed by atoms with Crippen LogP contribution >= 0.6 is 11.3 Å². The number of morpholine rings is 1. The van der Waals surface area contributed by atoms with Crippen LogP contribution in [-0.4, -0.2) is 45.6 Å². The molecule has 8 heteroatoms. The van der Waals surface area contributed by atoms with Gasteiger partial charge in [-0.2, -0.15) is 8.42 Å². The molecule has 94 valence electrons. The minimum atomic E-state index is -3.67. The summed E-state index contributed by atoms with van der Waals surface area (Å²) in [6.07, 6.45) is 0. The molecule has 6 nitrogen and oxygen atoms in total. The topological polar surface area (TPSA) is 85.0 Å². The molecule has 1 saturated heterocycles.